The van der Waals surface area contributed by atoms with Crippen molar-refractivity contribution in [3.05, 3.63) is 35.1 Å². The zero-order valence-electron chi connectivity index (χ0n) is 17.5. The Morgan fingerprint density at radius 2 is 1.86 bits per heavy atom. The Bertz CT molecular complexity index is 713. The van der Waals surface area contributed by atoms with Gasteiger partial charge in [-0.1, -0.05) is 6.07 Å². The lowest BCUT2D eigenvalue weighted by atomic mass is 10.1. The van der Waals surface area contributed by atoms with Crippen LogP contribution in [-0.2, 0) is 22.7 Å². The number of methoxy groups -OCH3 is 1. The van der Waals surface area contributed by atoms with E-state index in [-0.39, 0.29) is 18.3 Å². The highest BCUT2D eigenvalue weighted by Crippen LogP contribution is 2.12. The number of likely N-dealkylation sites (tertiary alicyclic amines) is 1. The molecule has 160 valence electrons. The van der Waals surface area contributed by atoms with E-state index < -0.39 is 0 Å². The lowest BCUT2D eigenvalue weighted by Crippen LogP contribution is -2.54. The predicted octanol–water partition coefficient (Wildman–Crippen LogP) is 1.29. The quantitative estimate of drug-likeness (QED) is 0.571. The minimum atomic E-state index is -0.250. The molecule has 1 amide bonds. The van der Waals surface area contributed by atoms with Gasteiger partial charge < -0.3 is 19.9 Å². The summed E-state index contributed by atoms with van der Waals surface area (Å²) in [4.78, 5) is 23.1. The van der Waals surface area contributed by atoms with E-state index in [1.54, 1.807) is 20.2 Å². The number of carbonyl (C=O) groups excluding carboxylic acids is 1. The van der Waals surface area contributed by atoms with Crippen molar-refractivity contribution in [2.75, 3.05) is 60.0 Å². The topological polar surface area (TPSA) is 60.4 Å². The summed E-state index contributed by atoms with van der Waals surface area (Å²) in [7, 11) is 3.33. The number of aliphatic imine (C=N–C) groups is 1. The van der Waals surface area contributed by atoms with E-state index in [0.29, 0.717) is 18.7 Å². The van der Waals surface area contributed by atoms with Crippen molar-refractivity contribution >= 4 is 11.9 Å². The minimum Gasteiger partial charge on any atom is -0.380 e. The number of amides is 1. The Labute approximate surface area is 172 Å². The number of hydrogen-bond donors (Lipinski definition) is 1. The second kappa shape index (κ2) is 10.5. The second-order valence-electron chi connectivity index (χ2n) is 7.61. The summed E-state index contributed by atoms with van der Waals surface area (Å²) in [5.74, 6) is 0.828. The van der Waals surface area contributed by atoms with Gasteiger partial charge in [0.15, 0.2) is 5.96 Å². The van der Waals surface area contributed by atoms with E-state index >= 15 is 0 Å². The fourth-order valence-electron chi connectivity index (χ4n) is 3.89. The van der Waals surface area contributed by atoms with E-state index in [2.05, 4.69) is 20.1 Å². The Balaban J connectivity index is 1.46. The van der Waals surface area contributed by atoms with Crippen LogP contribution in [0.3, 0.4) is 0 Å². The predicted molar refractivity (Wildman–Crippen MR) is 111 cm³/mol. The van der Waals surface area contributed by atoms with Crippen LogP contribution in [-0.4, -0.2) is 86.5 Å². The molecule has 1 aromatic carbocycles. The molecule has 1 N–H and O–H groups in total. The molecule has 0 radical (unpaired) electrons. The number of hydrogen-bond acceptors (Lipinski definition) is 4. The first-order valence-corrected chi connectivity index (χ1v) is 10.3. The third-order valence-corrected chi connectivity index (χ3v) is 5.56. The number of benzene rings is 1. The molecule has 0 aromatic heterocycles. The van der Waals surface area contributed by atoms with Crippen molar-refractivity contribution in [2.24, 2.45) is 4.99 Å². The summed E-state index contributed by atoms with van der Waals surface area (Å²) >= 11 is 0. The van der Waals surface area contributed by atoms with Crippen LogP contribution in [0, 0.1) is 5.82 Å². The number of guanidine groups is 1. The highest BCUT2D eigenvalue weighted by Gasteiger charge is 2.24. The first kappa shape index (κ1) is 21.5. The Morgan fingerprint density at radius 3 is 2.52 bits per heavy atom. The fraction of sp³-hybridized carbons (Fsp3) is 0.619. The molecule has 0 spiro atoms. The van der Waals surface area contributed by atoms with Crippen LogP contribution < -0.4 is 5.32 Å². The average molecular weight is 406 g/mol. The molecule has 2 fully saturated rings. The van der Waals surface area contributed by atoms with Crippen LogP contribution >= 0.6 is 0 Å². The third-order valence-electron chi connectivity index (χ3n) is 5.56. The standard InChI is InChI=1S/C21H32FN5O2/c1-23-21(24-14-17-5-6-19(22)18(13-17)16-29-2)27-11-9-25(10-12-27)15-20(28)26-7-3-4-8-26/h5-6,13H,3-4,7-12,14-16H2,1-2H3,(H,23,24). The fourth-order valence-corrected chi connectivity index (χ4v) is 3.89. The maximum atomic E-state index is 13.8. The van der Waals surface area contributed by atoms with Gasteiger partial charge in [-0.15, -0.1) is 0 Å². The number of piperazine rings is 1. The monoisotopic (exact) mass is 405 g/mol. The van der Waals surface area contributed by atoms with Crippen LogP contribution in [0.1, 0.15) is 24.0 Å². The molecule has 8 heteroatoms. The van der Waals surface area contributed by atoms with Crippen molar-refractivity contribution in [2.45, 2.75) is 26.0 Å². The van der Waals surface area contributed by atoms with Gasteiger partial charge in [0, 0.05) is 65.5 Å². The van der Waals surface area contributed by atoms with E-state index in [9.17, 15) is 9.18 Å². The van der Waals surface area contributed by atoms with Crippen molar-refractivity contribution in [3.8, 4) is 0 Å². The molecular weight excluding hydrogens is 373 g/mol. The molecule has 29 heavy (non-hydrogen) atoms. The highest BCUT2D eigenvalue weighted by atomic mass is 19.1. The summed E-state index contributed by atoms with van der Waals surface area (Å²) in [5.41, 5.74) is 1.53. The van der Waals surface area contributed by atoms with Crippen molar-refractivity contribution < 1.29 is 13.9 Å². The van der Waals surface area contributed by atoms with Crippen LogP contribution in [0.5, 0.6) is 0 Å². The molecule has 2 aliphatic heterocycles. The normalized spacial score (nSPS) is 18.4. The van der Waals surface area contributed by atoms with Gasteiger partial charge in [0.1, 0.15) is 5.82 Å². The molecule has 0 bridgehead atoms. The molecule has 3 rings (SSSR count). The number of halogens is 1. The Kier molecular flexibility index (Phi) is 7.83. The summed E-state index contributed by atoms with van der Waals surface area (Å²) in [6.07, 6.45) is 2.26. The van der Waals surface area contributed by atoms with Gasteiger partial charge in [-0.05, 0) is 30.5 Å². The first-order valence-electron chi connectivity index (χ1n) is 10.3. The third kappa shape index (κ3) is 5.90. The van der Waals surface area contributed by atoms with E-state index in [0.717, 1.165) is 63.6 Å². The Morgan fingerprint density at radius 1 is 1.14 bits per heavy atom. The van der Waals surface area contributed by atoms with E-state index in [4.69, 9.17) is 4.74 Å². The van der Waals surface area contributed by atoms with Gasteiger partial charge in [-0.2, -0.15) is 0 Å². The number of carbonyl (C=O) groups is 1. The number of nitrogens with one attached hydrogen (secondary N) is 1. The summed E-state index contributed by atoms with van der Waals surface area (Å²) in [6.45, 7) is 6.48. The van der Waals surface area contributed by atoms with Gasteiger partial charge in [0.2, 0.25) is 5.91 Å². The highest BCUT2D eigenvalue weighted by molar-refractivity contribution is 5.80. The zero-order chi connectivity index (χ0) is 20.6. The number of nitrogens with zero attached hydrogens (tertiary/aromatic N) is 4. The van der Waals surface area contributed by atoms with Gasteiger partial charge >= 0.3 is 0 Å². The van der Waals surface area contributed by atoms with Crippen LogP contribution in [0.15, 0.2) is 23.2 Å². The van der Waals surface area contributed by atoms with Crippen LogP contribution in [0.25, 0.3) is 0 Å². The molecule has 2 aliphatic rings. The SMILES string of the molecule is CN=C(NCc1ccc(F)c(COC)c1)N1CCN(CC(=O)N2CCCC2)CC1. The molecule has 0 unspecified atom stereocenters. The molecule has 0 aliphatic carbocycles. The van der Waals surface area contributed by atoms with Gasteiger partial charge in [-0.25, -0.2) is 4.39 Å². The minimum absolute atomic E-state index is 0.250. The molecule has 2 saturated heterocycles. The lowest BCUT2D eigenvalue weighted by molar-refractivity contribution is -0.131. The zero-order valence-corrected chi connectivity index (χ0v) is 17.5. The summed E-state index contributed by atoms with van der Waals surface area (Å²) in [6, 6.07) is 5.07. The van der Waals surface area contributed by atoms with Crippen molar-refractivity contribution in [1.29, 1.82) is 0 Å². The van der Waals surface area contributed by atoms with Crippen molar-refractivity contribution in [3.63, 3.8) is 0 Å². The number of ether oxygens (including phenoxy) is 1. The van der Waals surface area contributed by atoms with Crippen molar-refractivity contribution in [1.82, 2.24) is 20.0 Å². The second-order valence-corrected chi connectivity index (χ2v) is 7.61. The van der Waals surface area contributed by atoms with Gasteiger partial charge in [0.05, 0.1) is 13.2 Å². The van der Waals surface area contributed by atoms with Crippen LogP contribution in [0.4, 0.5) is 4.39 Å². The van der Waals surface area contributed by atoms with E-state index in [1.807, 2.05) is 11.0 Å². The maximum Gasteiger partial charge on any atom is 0.236 e. The molecule has 1 aromatic rings. The van der Waals surface area contributed by atoms with Gasteiger partial charge in [-0.3, -0.25) is 14.7 Å². The maximum absolute atomic E-state index is 13.8. The van der Waals surface area contributed by atoms with Crippen LogP contribution in [0.2, 0.25) is 0 Å². The molecule has 0 atom stereocenters. The summed E-state index contributed by atoms with van der Waals surface area (Å²) in [5, 5.41) is 3.36. The Hall–Kier alpha value is -2.19. The molecule has 2 heterocycles. The largest absolute Gasteiger partial charge is 0.380 e. The lowest BCUT2D eigenvalue weighted by Gasteiger charge is -2.36. The first-order chi connectivity index (χ1) is 14.1. The summed E-state index contributed by atoms with van der Waals surface area (Å²) < 4.78 is 18.8. The van der Waals surface area contributed by atoms with E-state index in [1.165, 1.54) is 6.07 Å². The smallest absolute Gasteiger partial charge is 0.236 e. The molecule has 7 nitrogen and oxygen atoms in total. The van der Waals surface area contributed by atoms with Gasteiger partial charge in [0.25, 0.3) is 0 Å². The average Bonchev–Trinajstić information content (AvgIpc) is 3.27. The molecule has 0 saturated carbocycles. The number of rotatable bonds is 6. The molecular formula is C21H32FN5O2.